The van der Waals surface area contributed by atoms with E-state index in [0.29, 0.717) is 5.41 Å². The van der Waals surface area contributed by atoms with Gasteiger partial charge in [0.05, 0.1) is 0 Å². The number of rotatable bonds is 1. The molecule has 2 saturated carbocycles. The van der Waals surface area contributed by atoms with Gasteiger partial charge in [-0.1, -0.05) is 55.7 Å². The van der Waals surface area contributed by atoms with Gasteiger partial charge in [-0.05, 0) is 66.1 Å². The number of hydrogen-bond donors (Lipinski definition) is 0. The highest BCUT2D eigenvalue weighted by Gasteiger charge is 2.64. The maximum Gasteiger partial charge on any atom is 0.0351 e. The smallest absolute Gasteiger partial charge is 0.0351 e. The molecule has 7 rings (SSSR count). The van der Waals surface area contributed by atoms with E-state index in [2.05, 4.69) is 77.3 Å². The van der Waals surface area contributed by atoms with Crippen LogP contribution in [0.1, 0.15) is 60.3 Å². The Morgan fingerprint density at radius 1 is 0.786 bits per heavy atom. The number of fused-ring (bicyclic) bond motifs is 8. The molecule has 2 atom stereocenters. The fourth-order valence-corrected chi connectivity index (χ4v) is 10.2. The molecule has 0 nitrogen and oxygen atoms in total. The van der Waals surface area contributed by atoms with Crippen LogP contribution in [0.25, 0.3) is 20.2 Å². The second-order valence-electron chi connectivity index (χ2n) is 9.23. The lowest BCUT2D eigenvalue weighted by Gasteiger charge is -2.37. The Balaban J connectivity index is 1.60. The van der Waals surface area contributed by atoms with Gasteiger partial charge >= 0.3 is 0 Å². The van der Waals surface area contributed by atoms with E-state index in [1.165, 1.54) is 59.7 Å². The first-order valence-corrected chi connectivity index (χ1v) is 12.5. The zero-order valence-corrected chi connectivity index (χ0v) is 17.7. The molecule has 28 heavy (non-hydrogen) atoms. The standard InChI is InChI=1S/C26H24S2/c1-3-10-19-17(8-1)16-22(27-19)26-15-7-12-21(26)25(13-5-6-14-25)24-23(26)18-9-2-4-11-20(18)28-24/h1-4,8-11,16,21H,5-7,12-15H2/t21-,26-/m0/s1. The molecule has 3 aliphatic carbocycles. The van der Waals surface area contributed by atoms with Crippen molar-refractivity contribution in [1.82, 2.24) is 0 Å². The van der Waals surface area contributed by atoms with E-state index in [1.54, 1.807) is 20.7 Å². The summed E-state index contributed by atoms with van der Waals surface area (Å²) in [6, 6.07) is 20.9. The van der Waals surface area contributed by atoms with Crippen LogP contribution in [0.5, 0.6) is 0 Å². The van der Waals surface area contributed by atoms with E-state index in [-0.39, 0.29) is 5.41 Å². The summed E-state index contributed by atoms with van der Waals surface area (Å²) >= 11 is 4.23. The summed E-state index contributed by atoms with van der Waals surface area (Å²) in [4.78, 5) is 3.44. The van der Waals surface area contributed by atoms with Crippen molar-refractivity contribution < 1.29 is 0 Å². The zero-order chi connectivity index (χ0) is 18.3. The van der Waals surface area contributed by atoms with E-state index in [4.69, 9.17) is 0 Å². The average Bonchev–Trinajstić information content (AvgIpc) is 3.52. The minimum absolute atomic E-state index is 0.267. The van der Waals surface area contributed by atoms with Gasteiger partial charge in [-0.15, -0.1) is 22.7 Å². The average molecular weight is 401 g/mol. The molecular weight excluding hydrogens is 376 g/mol. The Kier molecular flexibility index (Phi) is 3.17. The van der Waals surface area contributed by atoms with Crippen LogP contribution in [0.3, 0.4) is 0 Å². The van der Waals surface area contributed by atoms with Crippen molar-refractivity contribution in [1.29, 1.82) is 0 Å². The first-order chi connectivity index (χ1) is 13.8. The highest BCUT2D eigenvalue weighted by Crippen LogP contribution is 2.71. The number of benzene rings is 2. The lowest BCUT2D eigenvalue weighted by atomic mass is 9.67. The molecule has 1 spiro atoms. The fraction of sp³-hybridized carbons (Fsp3) is 0.385. The summed E-state index contributed by atoms with van der Waals surface area (Å²) in [7, 11) is 0. The molecule has 0 radical (unpaired) electrons. The Morgan fingerprint density at radius 2 is 1.57 bits per heavy atom. The van der Waals surface area contributed by atoms with Gasteiger partial charge in [-0.25, -0.2) is 0 Å². The van der Waals surface area contributed by atoms with E-state index in [0.717, 1.165) is 5.92 Å². The topological polar surface area (TPSA) is 0 Å². The largest absolute Gasteiger partial charge is 0.139 e. The van der Waals surface area contributed by atoms with Gasteiger partial charge in [0.25, 0.3) is 0 Å². The zero-order valence-electron chi connectivity index (χ0n) is 16.0. The van der Waals surface area contributed by atoms with Crippen molar-refractivity contribution >= 4 is 42.8 Å². The molecule has 2 heteroatoms. The predicted octanol–water partition coefficient (Wildman–Crippen LogP) is 8.03. The van der Waals surface area contributed by atoms with Crippen LogP contribution in [-0.4, -0.2) is 0 Å². The fourth-order valence-electron chi connectivity index (χ4n) is 7.25. The van der Waals surface area contributed by atoms with Crippen LogP contribution in [0.15, 0.2) is 54.6 Å². The SMILES string of the molecule is c1ccc2sc([C@]34CCC[C@H]3C3(CCCC3)c3sc5ccccc5c34)cc2c1. The molecule has 4 aromatic rings. The van der Waals surface area contributed by atoms with Crippen LogP contribution in [0, 0.1) is 5.92 Å². The summed E-state index contributed by atoms with van der Waals surface area (Å²) in [6.45, 7) is 0. The summed E-state index contributed by atoms with van der Waals surface area (Å²) < 4.78 is 2.98. The number of hydrogen-bond acceptors (Lipinski definition) is 2. The molecule has 2 heterocycles. The van der Waals surface area contributed by atoms with Crippen molar-refractivity contribution in [3.8, 4) is 0 Å². The summed E-state index contributed by atoms with van der Waals surface area (Å²) in [5.74, 6) is 0.821. The van der Waals surface area contributed by atoms with Gasteiger partial charge in [-0.2, -0.15) is 0 Å². The molecular formula is C26H24S2. The second-order valence-corrected chi connectivity index (χ2v) is 11.4. The lowest BCUT2D eigenvalue weighted by molar-refractivity contribution is 0.249. The van der Waals surface area contributed by atoms with E-state index >= 15 is 0 Å². The molecule has 2 aromatic carbocycles. The van der Waals surface area contributed by atoms with Gasteiger partial charge in [0.15, 0.2) is 0 Å². The molecule has 0 amide bonds. The van der Waals surface area contributed by atoms with Crippen LogP contribution >= 0.6 is 22.7 Å². The number of thiophene rings is 2. The molecule has 0 N–H and O–H groups in total. The van der Waals surface area contributed by atoms with Gasteiger partial charge in [0, 0.05) is 30.0 Å². The third-order valence-electron chi connectivity index (χ3n) is 8.18. The van der Waals surface area contributed by atoms with E-state index < -0.39 is 0 Å². The highest BCUT2D eigenvalue weighted by molar-refractivity contribution is 7.20. The molecule has 140 valence electrons. The van der Waals surface area contributed by atoms with Crippen LogP contribution in [-0.2, 0) is 10.8 Å². The molecule has 0 saturated heterocycles. The monoisotopic (exact) mass is 400 g/mol. The molecule has 0 unspecified atom stereocenters. The molecule has 2 aromatic heterocycles. The molecule has 2 fully saturated rings. The molecule has 3 aliphatic rings. The molecule has 0 aliphatic heterocycles. The minimum Gasteiger partial charge on any atom is -0.139 e. The van der Waals surface area contributed by atoms with Crippen molar-refractivity contribution in [3.05, 3.63) is 69.9 Å². The Bertz CT molecular complexity index is 1190. The van der Waals surface area contributed by atoms with Gasteiger partial charge in [0.1, 0.15) is 0 Å². The maximum absolute atomic E-state index is 2.56. The van der Waals surface area contributed by atoms with Crippen molar-refractivity contribution in [3.63, 3.8) is 0 Å². The van der Waals surface area contributed by atoms with Crippen molar-refractivity contribution in [2.45, 2.75) is 55.8 Å². The maximum atomic E-state index is 2.56. The summed E-state index contributed by atoms with van der Waals surface area (Å²) in [5, 5.41) is 3.01. The van der Waals surface area contributed by atoms with Crippen LogP contribution < -0.4 is 0 Å². The Labute approximate surface area is 174 Å². The quantitative estimate of drug-likeness (QED) is 0.303. The third kappa shape index (κ3) is 1.78. The van der Waals surface area contributed by atoms with Crippen molar-refractivity contribution in [2.24, 2.45) is 5.92 Å². The van der Waals surface area contributed by atoms with Gasteiger partial charge in [-0.3, -0.25) is 0 Å². The van der Waals surface area contributed by atoms with Crippen molar-refractivity contribution in [2.75, 3.05) is 0 Å². The Morgan fingerprint density at radius 3 is 2.43 bits per heavy atom. The summed E-state index contributed by atoms with van der Waals surface area (Å²) in [5.41, 5.74) is 2.48. The summed E-state index contributed by atoms with van der Waals surface area (Å²) in [6.07, 6.45) is 9.85. The normalized spacial score (nSPS) is 27.8. The van der Waals surface area contributed by atoms with Crippen LogP contribution in [0.4, 0.5) is 0 Å². The first kappa shape index (κ1) is 16.2. The van der Waals surface area contributed by atoms with Crippen LogP contribution in [0.2, 0.25) is 0 Å². The third-order valence-corrected chi connectivity index (χ3v) is 10.9. The lowest BCUT2D eigenvalue weighted by Crippen LogP contribution is -2.36. The minimum atomic E-state index is 0.267. The van der Waals surface area contributed by atoms with Gasteiger partial charge < -0.3 is 0 Å². The predicted molar refractivity (Wildman–Crippen MR) is 122 cm³/mol. The second kappa shape index (κ2) is 5.49. The molecule has 0 bridgehead atoms. The van der Waals surface area contributed by atoms with Gasteiger partial charge in [0.2, 0.25) is 0 Å². The highest BCUT2D eigenvalue weighted by atomic mass is 32.1. The Hall–Kier alpha value is -1.64. The van der Waals surface area contributed by atoms with E-state index in [1.807, 2.05) is 0 Å². The first-order valence-electron chi connectivity index (χ1n) is 10.8. The van der Waals surface area contributed by atoms with E-state index in [9.17, 15) is 0 Å².